The summed E-state index contributed by atoms with van der Waals surface area (Å²) in [6.07, 6.45) is 3.51. The van der Waals surface area contributed by atoms with Gasteiger partial charge in [0.15, 0.2) is 0 Å². The van der Waals surface area contributed by atoms with Crippen molar-refractivity contribution in [2.45, 2.75) is 11.8 Å². The highest BCUT2D eigenvalue weighted by atomic mass is 32.2. The van der Waals surface area contributed by atoms with Gasteiger partial charge in [0.1, 0.15) is 5.82 Å². The molecule has 0 bridgehead atoms. The van der Waals surface area contributed by atoms with Gasteiger partial charge in [-0.2, -0.15) is 14.4 Å². The number of morpholine rings is 1. The summed E-state index contributed by atoms with van der Waals surface area (Å²) in [6.45, 7) is 6.80. The van der Waals surface area contributed by atoms with Crippen LogP contribution in [0.2, 0.25) is 0 Å². The molecule has 10 nitrogen and oxygen atoms in total. The number of sulfonamides is 1. The van der Waals surface area contributed by atoms with E-state index < -0.39 is 10.0 Å². The average molecular weight is 470 g/mol. The lowest BCUT2D eigenvalue weighted by atomic mass is 10.3. The van der Waals surface area contributed by atoms with Crippen molar-refractivity contribution in [3.8, 4) is 5.69 Å². The number of rotatable bonds is 5. The monoisotopic (exact) mass is 469 g/mol. The summed E-state index contributed by atoms with van der Waals surface area (Å²) in [4.78, 5) is 13.9. The number of anilines is 2. The largest absolute Gasteiger partial charge is 0.378 e. The van der Waals surface area contributed by atoms with Crippen LogP contribution in [0.5, 0.6) is 0 Å². The van der Waals surface area contributed by atoms with Crippen LogP contribution in [-0.2, 0) is 14.8 Å². The Morgan fingerprint density at radius 2 is 1.64 bits per heavy atom. The zero-order chi connectivity index (χ0) is 22.8. The third-order valence-corrected chi connectivity index (χ3v) is 7.84. The Morgan fingerprint density at radius 3 is 2.30 bits per heavy atom. The van der Waals surface area contributed by atoms with Crippen LogP contribution >= 0.6 is 0 Å². The molecule has 4 heterocycles. The van der Waals surface area contributed by atoms with Crippen LogP contribution in [0.3, 0.4) is 0 Å². The number of nitrogens with zero attached hydrogens (tertiary/aromatic N) is 7. The molecule has 0 amide bonds. The van der Waals surface area contributed by atoms with Gasteiger partial charge in [-0.15, -0.1) is 0 Å². The Balaban J connectivity index is 1.27. The van der Waals surface area contributed by atoms with Crippen molar-refractivity contribution in [3.05, 3.63) is 54.5 Å². The van der Waals surface area contributed by atoms with Crippen LogP contribution in [0.1, 0.15) is 5.69 Å². The second kappa shape index (κ2) is 9.08. The van der Waals surface area contributed by atoms with Crippen LogP contribution in [0.25, 0.3) is 5.69 Å². The lowest BCUT2D eigenvalue weighted by Crippen LogP contribution is -2.49. The number of ether oxygens (including phenoxy) is 1. The molecule has 33 heavy (non-hydrogen) atoms. The molecule has 0 N–H and O–H groups in total. The van der Waals surface area contributed by atoms with Gasteiger partial charge >= 0.3 is 0 Å². The van der Waals surface area contributed by atoms with Gasteiger partial charge in [0.05, 0.1) is 23.8 Å². The van der Waals surface area contributed by atoms with Crippen molar-refractivity contribution in [1.29, 1.82) is 0 Å². The van der Waals surface area contributed by atoms with Gasteiger partial charge in [-0.3, -0.25) is 0 Å². The highest BCUT2D eigenvalue weighted by molar-refractivity contribution is 7.89. The maximum Gasteiger partial charge on any atom is 0.243 e. The minimum atomic E-state index is -3.57. The topological polar surface area (TPSA) is 96.7 Å². The van der Waals surface area contributed by atoms with Crippen molar-refractivity contribution in [3.63, 3.8) is 0 Å². The molecule has 2 fully saturated rings. The molecule has 0 atom stereocenters. The van der Waals surface area contributed by atoms with Gasteiger partial charge in [0.2, 0.25) is 16.0 Å². The van der Waals surface area contributed by atoms with Crippen molar-refractivity contribution < 1.29 is 13.2 Å². The summed E-state index contributed by atoms with van der Waals surface area (Å²) in [5.74, 6) is 1.55. The summed E-state index contributed by atoms with van der Waals surface area (Å²) < 4.78 is 35.0. The molecule has 0 aliphatic carbocycles. The second-order valence-corrected chi connectivity index (χ2v) is 10.0. The van der Waals surface area contributed by atoms with Gasteiger partial charge in [0.25, 0.3) is 0 Å². The molecule has 5 rings (SSSR count). The summed E-state index contributed by atoms with van der Waals surface area (Å²) >= 11 is 0. The predicted octanol–water partition coefficient (Wildman–Crippen LogP) is 1.32. The van der Waals surface area contributed by atoms with Gasteiger partial charge in [0, 0.05) is 63.4 Å². The molecular formula is C22H27N7O3S. The molecule has 1 aromatic carbocycles. The van der Waals surface area contributed by atoms with Crippen LogP contribution in [0.4, 0.5) is 11.8 Å². The fourth-order valence-corrected chi connectivity index (χ4v) is 5.52. The Kier molecular flexibility index (Phi) is 6.00. The number of hydrogen-bond donors (Lipinski definition) is 0. The second-order valence-electron chi connectivity index (χ2n) is 8.10. The zero-order valence-electron chi connectivity index (χ0n) is 18.5. The third-order valence-electron chi connectivity index (χ3n) is 5.93. The SMILES string of the molecule is Cc1cc(N2CCOCC2)nc(N2CCN(S(=O)(=O)c3ccc(-n4cccn4)cc3)CC2)n1. The van der Waals surface area contributed by atoms with E-state index in [0.717, 1.165) is 30.3 Å². The van der Waals surface area contributed by atoms with Crippen molar-refractivity contribution in [2.24, 2.45) is 0 Å². The quantitative estimate of drug-likeness (QED) is 0.552. The minimum absolute atomic E-state index is 0.285. The first-order valence-corrected chi connectivity index (χ1v) is 12.5. The Morgan fingerprint density at radius 1 is 0.909 bits per heavy atom. The van der Waals surface area contributed by atoms with E-state index in [-0.39, 0.29) is 4.90 Å². The van der Waals surface area contributed by atoms with E-state index >= 15 is 0 Å². The van der Waals surface area contributed by atoms with E-state index in [1.807, 2.05) is 25.3 Å². The van der Waals surface area contributed by atoms with E-state index in [2.05, 4.69) is 19.9 Å². The Bertz CT molecular complexity index is 1190. The zero-order valence-corrected chi connectivity index (χ0v) is 19.4. The fourth-order valence-electron chi connectivity index (χ4n) is 4.10. The van der Waals surface area contributed by atoms with Gasteiger partial charge in [-0.25, -0.2) is 18.1 Å². The molecule has 3 aromatic rings. The van der Waals surface area contributed by atoms with Gasteiger partial charge < -0.3 is 14.5 Å². The summed E-state index contributed by atoms with van der Waals surface area (Å²) in [5, 5.41) is 4.18. The molecule has 0 unspecified atom stereocenters. The molecule has 0 spiro atoms. The minimum Gasteiger partial charge on any atom is -0.378 e. The van der Waals surface area contributed by atoms with E-state index in [0.29, 0.717) is 45.3 Å². The Labute approximate surface area is 193 Å². The number of aromatic nitrogens is 4. The van der Waals surface area contributed by atoms with Gasteiger partial charge in [-0.05, 0) is 37.3 Å². The van der Waals surface area contributed by atoms with Crippen LogP contribution in [-0.4, -0.2) is 85.0 Å². The first kappa shape index (κ1) is 21.8. The summed E-state index contributed by atoms with van der Waals surface area (Å²) in [5.41, 5.74) is 1.71. The van der Waals surface area contributed by atoms with E-state index in [4.69, 9.17) is 9.72 Å². The van der Waals surface area contributed by atoms with Crippen molar-refractivity contribution >= 4 is 21.8 Å². The number of benzene rings is 1. The van der Waals surface area contributed by atoms with Crippen molar-refractivity contribution in [2.75, 3.05) is 62.3 Å². The maximum absolute atomic E-state index is 13.2. The smallest absolute Gasteiger partial charge is 0.243 e. The molecule has 174 valence electrons. The average Bonchev–Trinajstić information content (AvgIpc) is 3.39. The summed E-state index contributed by atoms with van der Waals surface area (Å²) in [7, 11) is -3.57. The van der Waals surface area contributed by atoms with E-state index in [9.17, 15) is 8.42 Å². The molecule has 0 radical (unpaired) electrons. The lowest BCUT2D eigenvalue weighted by Gasteiger charge is -2.35. The molecule has 0 saturated carbocycles. The van der Waals surface area contributed by atoms with Crippen LogP contribution < -0.4 is 9.80 Å². The highest BCUT2D eigenvalue weighted by Gasteiger charge is 2.29. The normalized spacial score (nSPS) is 18.0. The third kappa shape index (κ3) is 4.56. The number of piperazine rings is 1. The molecular weight excluding hydrogens is 442 g/mol. The molecule has 2 saturated heterocycles. The van der Waals surface area contributed by atoms with Crippen LogP contribution in [0, 0.1) is 6.92 Å². The van der Waals surface area contributed by atoms with Gasteiger partial charge in [-0.1, -0.05) is 0 Å². The maximum atomic E-state index is 13.2. The van der Waals surface area contributed by atoms with E-state index in [1.54, 1.807) is 35.1 Å². The number of aryl methyl sites for hydroxylation is 1. The summed E-state index contributed by atoms with van der Waals surface area (Å²) in [6, 6.07) is 10.6. The number of hydrogen-bond acceptors (Lipinski definition) is 8. The van der Waals surface area contributed by atoms with Crippen molar-refractivity contribution in [1.82, 2.24) is 24.1 Å². The van der Waals surface area contributed by atoms with E-state index in [1.165, 1.54) is 4.31 Å². The Hall–Kier alpha value is -3.02. The lowest BCUT2D eigenvalue weighted by molar-refractivity contribution is 0.122. The molecule has 2 aromatic heterocycles. The molecule has 2 aliphatic heterocycles. The predicted molar refractivity (Wildman–Crippen MR) is 124 cm³/mol. The first-order chi connectivity index (χ1) is 16.0. The highest BCUT2D eigenvalue weighted by Crippen LogP contribution is 2.23. The first-order valence-electron chi connectivity index (χ1n) is 11.0. The van der Waals surface area contributed by atoms with Crippen LogP contribution in [0.15, 0.2) is 53.7 Å². The molecule has 2 aliphatic rings. The molecule has 11 heteroatoms. The standard InChI is InChI=1S/C22H27N7O3S/c1-18-17-21(26-13-15-32-16-14-26)25-22(24-18)27-9-11-28(12-10-27)33(30,31)20-5-3-19(4-6-20)29-8-2-7-23-29/h2-8,17H,9-16H2,1H3. The fraction of sp³-hybridized carbons (Fsp3) is 0.409.